The van der Waals surface area contributed by atoms with Gasteiger partial charge in [-0.15, -0.1) is 0 Å². The van der Waals surface area contributed by atoms with Crippen LogP contribution in [-0.2, 0) is 11.3 Å². The minimum Gasteiger partial charge on any atom is -0.359 e. The van der Waals surface area contributed by atoms with Crippen molar-refractivity contribution in [3.05, 3.63) is 17.5 Å². The number of aromatic nitrogens is 1. The second-order valence-electron chi connectivity index (χ2n) is 4.98. The van der Waals surface area contributed by atoms with E-state index in [4.69, 9.17) is 10.3 Å². The van der Waals surface area contributed by atoms with Crippen LogP contribution in [0.2, 0.25) is 0 Å². The van der Waals surface area contributed by atoms with E-state index >= 15 is 0 Å². The standard InChI is InChI=1S/C14H25N3O2/c1-3-4-12(7-8-15)5-6-14(18)16-10-13-9-11(2)17-19-13/h9,12H,3-8,10,15H2,1-2H3,(H,16,18). The quantitative estimate of drug-likeness (QED) is 0.718. The SMILES string of the molecule is CCCC(CCN)CCC(=O)NCc1cc(C)no1. The number of carbonyl (C=O) groups is 1. The van der Waals surface area contributed by atoms with E-state index in [0.717, 1.165) is 31.4 Å². The van der Waals surface area contributed by atoms with Gasteiger partial charge in [-0.1, -0.05) is 24.9 Å². The van der Waals surface area contributed by atoms with E-state index in [1.165, 1.54) is 0 Å². The van der Waals surface area contributed by atoms with Crippen molar-refractivity contribution in [3.8, 4) is 0 Å². The molecule has 0 saturated heterocycles. The summed E-state index contributed by atoms with van der Waals surface area (Å²) in [6.07, 6.45) is 4.75. The maximum Gasteiger partial charge on any atom is 0.220 e. The molecule has 0 saturated carbocycles. The van der Waals surface area contributed by atoms with E-state index in [2.05, 4.69) is 17.4 Å². The number of carbonyl (C=O) groups excluding carboxylic acids is 1. The Hall–Kier alpha value is -1.36. The number of hydrogen-bond donors (Lipinski definition) is 2. The average molecular weight is 267 g/mol. The van der Waals surface area contributed by atoms with E-state index < -0.39 is 0 Å². The second kappa shape index (κ2) is 8.69. The number of hydrogen-bond acceptors (Lipinski definition) is 4. The number of nitrogens with two attached hydrogens (primary N) is 1. The maximum atomic E-state index is 11.7. The van der Waals surface area contributed by atoms with E-state index in [1.54, 1.807) is 0 Å². The highest BCUT2D eigenvalue weighted by molar-refractivity contribution is 5.75. The first kappa shape index (κ1) is 15.7. The van der Waals surface area contributed by atoms with Crippen molar-refractivity contribution in [2.24, 2.45) is 11.7 Å². The van der Waals surface area contributed by atoms with E-state index in [0.29, 0.717) is 31.2 Å². The summed E-state index contributed by atoms with van der Waals surface area (Å²) in [5, 5.41) is 6.63. The Morgan fingerprint density at radius 3 is 2.84 bits per heavy atom. The van der Waals surface area contributed by atoms with Gasteiger partial charge in [0.25, 0.3) is 0 Å². The van der Waals surface area contributed by atoms with E-state index in [-0.39, 0.29) is 5.91 Å². The molecule has 3 N–H and O–H groups in total. The van der Waals surface area contributed by atoms with Crippen LogP contribution in [0.1, 0.15) is 50.5 Å². The number of nitrogens with one attached hydrogen (secondary N) is 1. The Balaban J connectivity index is 2.22. The molecular weight excluding hydrogens is 242 g/mol. The van der Waals surface area contributed by atoms with Crippen molar-refractivity contribution < 1.29 is 9.32 Å². The number of amides is 1. The molecule has 1 atom stereocenters. The summed E-state index contributed by atoms with van der Waals surface area (Å²) in [6, 6.07) is 1.83. The molecule has 0 bridgehead atoms. The number of rotatable bonds is 9. The van der Waals surface area contributed by atoms with Crippen molar-refractivity contribution >= 4 is 5.91 Å². The summed E-state index contributed by atoms with van der Waals surface area (Å²) in [5.74, 6) is 1.32. The molecule has 1 unspecified atom stereocenters. The zero-order valence-electron chi connectivity index (χ0n) is 11.9. The molecule has 0 spiro atoms. The molecule has 0 aliphatic carbocycles. The zero-order chi connectivity index (χ0) is 14.1. The average Bonchev–Trinajstić information content (AvgIpc) is 2.80. The van der Waals surface area contributed by atoms with Gasteiger partial charge in [-0.2, -0.15) is 0 Å². The lowest BCUT2D eigenvalue weighted by molar-refractivity contribution is -0.121. The fraction of sp³-hybridized carbons (Fsp3) is 0.714. The second-order valence-corrected chi connectivity index (χ2v) is 4.98. The van der Waals surface area contributed by atoms with Gasteiger partial charge >= 0.3 is 0 Å². The third-order valence-corrected chi connectivity index (χ3v) is 3.19. The molecule has 0 aliphatic heterocycles. The molecule has 0 aromatic carbocycles. The van der Waals surface area contributed by atoms with Crippen molar-refractivity contribution in [1.29, 1.82) is 0 Å². The van der Waals surface area contributed by atoms with Gasteiger partial charge in [-0.3, -0.25) is 4.79 Å². The predicted molar refractivity (Wildman–Crippen MR) is 74.4 cm³/mol. The highest BCUT2D eigenvalue weighted by Crippen LogP contribution is 2.16. The summed E-state index contributed by atoms with van der Waals surface area (Å²) in [5.41, 5.74) is 6.41. The van der Waals surface area contributed by atoms with E-state index in [1.807, 2.05) is 13.0 Å². The molecule has 0 radical (unpaired) electrons. The molecule has 0 fully saturated rings. The van der Waals surface area contributed by atoms with Gasteiger partial charge in [0.05, 0.1) is 12.2 Å². The van der Waals surface area contributed by atoms with Gasteiger partial charge in [-0.05, 0) is 32.2 Å². The molecule has 5 heteroatoms. The van der Waals surface area contributed by atoms with Crippen LogP contribution >= 0.6 is 0 Å². The Labute approximate surface area is 114 Å². The smallest absolute Gasteiger partial charge is 0.220 e. The van der Waals surface area contributed by atoms with Gasteiger partial charge in [0.1, 0.15) is 0 Å². The fourth-order valence-electron chi connectivity index (χ4n) is 2.19. The van der Waals surface area contributed by atoms with E-state index in [9.17, 15) is 4.79 Å². The molecular formula is C14H25N3O2. The fourth-order valence-corrected chi connectivity index (χ4v) is 2.19. The summed E-state index contributed by atoms with van der Waals surface area (Å²) >= 11 is 0. The molecule has 1 amide bonds. The summed E-state index contributed by atoms with van der Waals surface area (Å²) in [4.78, 5) is 11.7. The summed E-state index contributed by atoms with van der Waals surface area (Å²) in [6.45, 7) is 5.13. The number of nitrogens with zero attached hydrogens (tertiary/aromatic N) is 1. The van der Waals surface area contributed by atoms with Gasteiger partial charge in [0.15, 0.2) is 5.76 Å². The van der Waals surface area contributed by atoms with Crippen LogP contribution in [0.4, 0.5) is 0 Å². The van der Waals surface area contributed by atoms with Gasteiger partial charge in [-0.25, -0.2) is 0 Å². The molecule has 5 nitrogen and oxygen atoms in total. The maximum absolute atomic E-state index is 11.7. The lowest BCUT2D eigenvalue weighted by Gasteiger charge is -2.14. The first-order valence-electron chi connectivity index (χ1n) is 7.04. The minimum absolute atomic E-state index is 0.0622. The van der Waals surface area contributed by atoms with Gasteiger partial charge in [0, 0.05) is 12.5 Å². The summed E-state index contributed by atoms with van der Waals surface area (Å²) < 4.78 is 5.04. The van der Waals surface area contributed by atoms with Crippen LogP contribution in [0.15, 0.2) is 10.6 Å². The molecule has 0 aliphatic rings. The monoisotopic (exact) mass is 267 g/mol. The largest absolute Gasteiger partial charge is 0.359 e. The molecule has 1 heterocycles. The molecule has 19 heavy (non-hydrogen) atoms. The zero-order valence-corrected chi connectivity index (χ0v) is 11.9. The third-order valence-electron chi connectivity index (χ3n) is 3.19. The Morgan fingerprint density at radius 1 is 1.47 bits per heavy atom. The van der Waals surface area contributed by atoms with Gasteiger partial charge in [0.2, 0.25) is 5.91 Å². The normalized spacial score (nSPS) is 12.4. The molecule has 108 valence electrons. The van der Waals surface area contributed by atoms with Crippen molar-refractivity contribution in [2.75, 3.05) is 6.54 Å². The predicted octanol–water partition coefficient (Wildman–Crippen LogP) is 2.14. The molecule has 1 aromatic rings. The lowest BCUT2D eigenvalue weighted by Crippen LogP contribution is -2.23. The minimum atomic E-state index is 0.0622. The topological polar surface area (TPSA) is 81.2 Å². The van der Waals surface area contributed by atoms with Crippen LogP contribution in [0.25, 0.3) is 0 Å². The Bertz CT molecular complexity index is 371. The number of aryl methyl sites for hydroxylation is 1. The first-order chi connectivity index (χ1) is 9.15. The third kappa shape index (κ3) is 6.38. The van der Waals surface area contributed by atoms with Crippen molar-refractivity contribution in [2.45, 2.75) is 52.5 Å². The van der Waals surface area contributed by atoms with Crippen LogP contribution in [-0.4, -0.2) is 17.6 Å². The van der Waals surface area contributed by atoms with Crippen LogP contribution < -0.4 is 11.1 Å². The van der Waals surface area contributed by atoms with Crippen molar-refractivity contribution in [1.82, 2.24) is 10.5 Å². The van der Waals surface area contributed by atoms with Crippen molar-refractivity contribution in [3.63, 3.8) is 0 Å². The van der Waals surface area contributed by atoms with Gasteiger partial charge < -0.3 is 15.6 Å². The van der Waals surface area contributed by atoms with Crippen LogP contribution in [0, 0.1) is 12.8 Å². The van der Waals surface area contributed by atoms with Crippen LogP contribution in [0.3, 0.4) is 0 Å². The molecule has 1 aromatic heterocycles. The molecule has 1 rings (SSSR count). The highest BCUT2D eigenvalue weighted by atomic mass is 16.5. The van der Waals surface area contributed by atoms with Crippen LogP contribution in [0.5, 0.6) is 0 Å². The Morgan fingerprint density at radius 2 is 2.26 bits per heavy atom. The first-order valence-corrected chi connectivity index (χ1v) is 7.04. The lowest BCUT2D eigenvalue weighted by atomic mass is 9.94. The Kier molecular flexibility index (Phi) is 7.18. The summed E-state index contributed by atoms with van der Waals surface area (Å²) in [7, 11) is 0. The highest BCUT2D eigenvalue weighted by Gasteiger charge is 2.10.